The highest BCUT2D eigenvalue weighted by atomic mass is 15.3. The molecule has 1 aliphatic rings. The SMILES string of the molecule is Cc1ccc(-c2cc3c(N4CCN(c5ccccn5)CC4)nccn3n2)c(C)c1. The number of hydrogen-bond donors (Lipinski definition) is 0. The Morgan fingerprint density at radius 2 is 1.66 bits per heavy atom. The second kappa shape index (κ2) is 7.20. The average molecular weight is 384 g/mol. The summed E-state index contributed by atoms with van der Waals surface area (Å²) in [5.74, 6) is 2.04. The fourth-order valence-electron chi connectivity index (χ4n) is 4.07. The molecule has 5 rings (SSSR count). The van der Waals surface area contributed by atoms with Gasteiger partial charge in [0.05, 0.1) is 5.69 Å². The zero-order valence-corrected chi connectivity index (χ0v) is 16.8. The Morgan fingerprint density at radius 3 is 2.41 bits per heavy atom. The number of aryl methyl sites for hydroxylation is 2. The van der Waals surface area contributed by atoms with Crippen LogP contribution < -0.4 is 9.80 Å². The Labute approximate surface area is 170 Å². The number of hydrogen-bond acceptors (Lipinski definition) is 5. The van der Waals surface area contributed by atoms with Gasteiger partial charge < -0.3 is 9.80 Å². The van der Waals surface area contributed by atoms with Crippen molar-refractivity contribution in [3.63, 3.8) is 0 Å². The molecule has 4 aromatic rings. The van der Waals surface area contributed by atoms with Gasteiger partial charge in [0, 0.05) is 50.3 Å². The van der Waals surface area contributed by atoms with Gasteiger partial charge in [-0.2, -0.15) is 5.10 Å². The highest BCUT2D eigenvalue weighted by Crippen LogP contribution is 2.28. The van der Waals surface area contributed by atoms with Gasteiger partial charge in [-0.3, -0.25) is 0 Å². The quantitative estimate of drug-likeness (QED) is 0.539. The molecule has 0 bridgehead atoms. The Bertz CT molecular complexity index is 1140. The van der Waals surface area contributed by atoms with Gasteiger partial charge in [-0.1, -0.05) is 29.8 Å². The van der Waals surface area contributed by atoms with Gasteiger partial charge in [0.1, 0.15) is 11.3 Å². The summed E-state index contributed by atoms with van der Waals surface area (Å²) in [6.07, 6.45) is 5.62. The average Bonchev–Trinajstić information content (AvgIpc) is 3.18. The molecule has 0 radical (unpaired) electrons. The molecule has 3 aromatic heterocycles. The lowest BCUT2D eigenvalue weighted by Crippen LogP contribution is -2.47. The molecule has 0 unspecified atom stereocenters. The normalized spacial score (nSPS) is 14.6. The van der Waals surface area contributed by atoms with Crippen LogP contribution >= 0.6 is 0 Å². The van der Waals surface area contributed by atoms with Gasteiger partial charge in [-0.05, 0) is 37.6 Å². The van der Waals surface area contributed by atoms with E-state index in [-0.39, 0.29) is 0 Å². The topological polar surface area (TPSA) is 49.6 Å². The molecule has 6 nitrogen and oxygen atoms in total. The summed E-state index contributed by atoms with van der Waals surface area (Å²) in [7, 11) is 0. The Hall–Kier alpha value is -3.41. The van der Waals surface area contributed by atoms with Crippen LogP contribution in [0.1, 0.15) is 11.1 Å². The van der Waals surface area contributed by atoms with Crippen LogP contribution in [0.4, 0.5) is 11.6 Å². The fourth-order valence-corrected chi connectivity index (χ4v) is 4.07. The number of rotatable bonds is 3. The van der Waals surface area contributed by atoms with Crippen molar-refractivity contribution in [1.82, 2.24) is 19.6 Å². The summed E-state index contributed by atoms with van der Waals surface area (Å²) < 4.78 is 1.95. The predicted octanol–water partition coefficient (Wildman–Crippen LogP) is 3.73. The fraction of sp³-hybridized carbons (Fsp3) is 0.261. The van der Waals surface area contributed by atoms with Gasteiger partial charge in [-0.15, -0.1) is 0 Å². The van der Waals surface area contributed by atoms with Crippen LogP contribution in [0.25, 0.3) is 16.8 Å². The molecule has 1 aliphatic heterocycles. The highest BCUT2D eigenvalue weighted by molar-refractivity contribution is 5.76. The summed E-state index contributed by atoms with van der Waals surface area (Å²) in [5, 5.41) is 4.82. The molecule has 0 saturated carbocycles. The number of nitrogens with zero attached hydrogens (tertiary/aromatic N) is 6. The molecule has 6 heteroatoms. The first-order valence-electron chi connectivity index (χ1n) is 10.0. The lowest BCUT2D eigenvalue weighted by atomic mass is 10.0. The third-order valence-corrected chi connectivity index (χ3v) is 5.58. The molecule has 4 heterocycles. The van der Waals surface area contributed by atoms with Crippen LogP contribution in [0.3, 0.4) is 0 Å². The molecule has 1 saturated heterocycles. The summed E-state index contributed by atoms with van der Waals surface area (Å²) in [6, 6.07) is 14.7. The Kier molecular flexibility index (Phi) is 4.39. The Morgan fingerprint density at radius 1 is 0.828 bits per heavy atom. The van der Waals surface area contributed by atoms with E-state index in [4.69, 9.17) is 10.1 Å². The molecule has 0 atom stereocenters. The van der Waals surface area contributed by atoms with Crippen LogP contribution in [0.15, 0.2) is 61.1 Å². The van der Waals surface area contributed by atoms with Crippen molar-refractivity contribution in [3.05, 3.63) is 72.2 Å². The van der Waals surface area contributed by atoms with E-state index < -0.39 is 0 Å². The van der Waals surface area contributed by atoms with Crippen LogP contribution in [-0.2, 0) is 0 Å². The first kappa shape index (κ1) is 17.7. The van der Waals surface area contributed by atoms with E-state index in [0.717, 1.165) is 49.0 Å². The smallest absolute Gasteiger partial charge is 0.154 e. The molecule has 0 aliphatic carbocycles. The zero-order valence-electron chi connectivity index (χ0n) is 16.8. The molecule has 1 fully saturated rings. The zero-order chi connectivity index (χ0) is 19.8. The largest absolute Gasteiger partial charge is 0.353 e. The van der Waals surface area contributed by atoms with Crippen LogP contribution in [0, 0.1) is 13.8 Å². The molecular formula is C23H24N6. The van der Waals surface area contributed by atoms with Crippen molar-refractivity contribution in [2.45, 2.75) is 13.8 Å². The summed E-state index contributed by atoms with van der Waals surface area (Å²) in [6.45, 7) is 7.94. The van der Waals surface area contributed by atoms with E-state index in [9.17, 15) is 0 Å². The maximum absolute atomic E-state index is 4.82. The van der Waals surface area contributed by atoms with Gasteiger partial charge in [0.2, 0.25) is 0 Å². The number of aromatic nitrogens is 4. The first-order chi connectivity index (χ1) is 14.2. The van der Waals surface area contributed by atoms with E-state index >= 15 is 0 Å². The molecule has 146 valence electrons. The van der Waals surface area contributed by atoms with Crippen molar-refractivity contribution in [1.29, 1.82) is 0 Å². The van der Waals surface area contributed by atoms with E-state index in [1.165, 1.54) is 16.7 Å². The summed E-state index contributed by atoms with van der Waals surface area (Å²) >= 11 is 0. The lowest BCUT2D eigenvalue weighted by molar-refractivity contribution is 0.642. The Balaban J connectivity index is 1.43. The third kappa shape index (κ3) is 3.31. The van der Waals surface area contributed by atoms with E-state index in [1.54, 1.807) is 0 Å². The minimum Gasteiger partial charge on any atom is -0.353 e. The van der Waals surface area contributed by atoms with E-state index in [1.807, 2.05) is 35.2 Å². The van der Waals surface area contributed by atoms with Crippen molar-refractivity contribution >= 4 is 17.2 Å². The van der Waals surface area contributed by atoms with E-state index in [0.29, 0.717) is 0 Å². The third-order valence-electron chi connectivity index (χ3n) is 5.58. The second-order valence-electron chi connectivity index (χ2n) is 7.59. The minimum absolute atomic E-state index is 0.910. The molecule has 29 heavy (non-hydrogen) atoms. The van der Waals surface area contributed by atoms with Gasteiger partial charge in [0.25, 0.3) is 0 Å². The number of piperazine rings is 1. The molecular weight excluding hydrogens is 360 g/mol. The molecule has 1 aromatic carbocycles. The highest BCUT2D eigenvalue weighted by Gasteiger charge is 2.21. The van der Waals surface area contributed by atoms with Crippen molar-refractivity contribution in [3.8, 4) is 11.3 Å². The standard InChI is InChI=1S/C23H24N6/c1-17-6-7-19(18(2)15-17)20-16-21-23(25-9-10-29(21)26-20)28-13-11-27(12-14-28)22-5-3-4-8-24-22/h3-10,15-16H,11-14H2,1-2H3. The van der Waals surface area contributed by atoms with Gasteiger partial charge >= 0.3 is 0 Å². The maximum atomic E-state index is 4.82. The van der Waals surface area contributed by atoms with E-state index in [2.05, 4.69) is 59.0 Å². The summed E-state index contributed by atoms with van der Waals surface area (Å²) in [4.78, 5) is 13.9. The number of pyridine rings is 1. The summed E-state index contributed by atoms with van der Waals surface area (Å²) in [5.41, 5.74) is 5.72. The second-order valence-corrected chi connectivity index (χ2v) is 7.59. The lowest BCUT2D eigenvalue weighted by Gasteiger charge is -2.36. The monoisotopic (exact) mass is 384 g/mol. The number of fused-ring (bicyclic) bond motifs is 1. The number of anilines is 2. The number of benzene rings is 1. The van der Waals surface area contributed by atoms with Crippen LogP contribution in [0.2, 0.25) is 0 Å². The first-order valence-corrected chi connectivity index (χ1v) is 10.0. The van der Waals surface area contributed by atoms with Crippen molar-refractivity contribution < 1.29 is 0 Å². The molecule has 0 spiro atoms. The van der Waals surface area contributed by atoms with Crippen LogP contribution in [-0.4, -0.2) is 45.8 Å². The van der Waals surface area contributed by atoms with Crippen molar-refractivity contribution in [2.24, 2.45) is 0 Å². The molecule has 0 amide bonds. The molecule has 0 N–H and O–H groups in total. The van der Waals surface area contributed by atoms with Gasteiger partial charge in [0.15, 0.2) is 5.82 Å². The minimum atomic E-state index is 0.910. The van der Waals surface area contributed by atoms with Crippen LogP contribution in [0.5, 0.6) is 0 Å². The van der Waals surface area contributed by atoms with Crippen molar-refractivity contribution in [2.75, 3.05) is 36.0 Å². The maximum Gasteiger partial charge on any atom is 0.154 e. The van der Waals surface area contributed by atoms with Gasteiger partial charge in [-0.25, -0.2) is 14.5 Å². The predicted molar refractivity (Wildman–Crippen MR) is 117 cm³/mol.